The first-order chi connectivity index (χ1) is 11.2. The molecule has 0 radical (unpaired) electrons. The summed E-state index contributed by atoms with van der Waals surface area (Å²) in [6.07, 6.45) is 8.41. The van der Waals surface area contributed by atoms with E-state index in [0.717, 1.165) is 19.3 Å². The van der Waals surface area contributed by atoms with Gasteiger partial charge in [0.05, 0.1) is 0 Å². The maximum atomic E-state index is 12.5. The number of ketones is 1. The Kier molecular flexibility index (Phi) is 2.69. The number of hydrogen-bond donors (Lipinski definition) is 0. The van der Waals surface area contributed by atoms with Crippen molar-refractivity contribution in [3.8, 4) is 0 Å². The Morgan fingerprint density at radius 3 is 2.87 bits per heavy atom. The third-order valence-corrected chi connectivity index (χ3v) is 6.54. The molecule has 2 aromatic carbocycles. The van der Waals surface area contributed by atoms with Gasteiger partial charge in [0.1, 0.15) is 5.78 Å². The molecule has 5 rings (SSSR count). The highest BCUT2D eigenvalue weighted by atomic mass is 16.1. The van der Waals surface area contributed by atoms with Gasteiger partial charge in [-0.05, 0) is 65.1 Å². The van der Waals surface area contributed by atoms with Crippen molar-refractivity contribution in [1.82, 2.24) is 0 Å². The van der Waals surface area contributed by atoms with Crippen LogP contribution in [0.15, 0.2) is 42.0 Å². The first-order valence-corrected chi connectivity index (χ1v) is 8.94. The van der Waals surface area contributed by atoms with Gasteiger partial charge in [0.2, 0.25) is 0 Å². The zero-order chi connectivity index (χ0) is 15.6. The number of Topliss-reactive ketones (excluding diaryl/α,β-unsaturated/α-hetero) is 1. The Morgan fingerprint density at radius 2 is 2.13 bits per heavy atom. The first kappa shape index (κ1) is 13.5. The Balaban J connectivity index is 1.79. The predicted molar refractivity (Wildman–Crippen MR) is 93.8 cm³/mol. The molecule has 0 N–H and O–H groups in total. The zero-order valence-electron chi connectivity index (χ0n) is 13.7. The topological polar surface area (TPSA) is 17.1 Å². The summed E-state index contributed by atoms with van der Waals surface area (Å²) in [6.45, 7) is 2.23. The number of hydrogen-bond acceptors (Lipinski definition) is 1. The van der Waals surface area contributed by atoms with Crippen molar-refractivity contribution in [3.05, 3.63) is 58.7 Å². The van der Waals surface area contributed by atoms with E-state index >= 15 is 0 Å². The fourth-order valence-corrected chi connectivity index (χ4v) is 5.51. The minimum absolute atomic E-state index is 0.115. The minimum atomic E-state index is 0.115. The fraction of sp³-hybridized carbons (Fsp3) is 0.409. The molecule has 3 aliphatic rings. The lowest BCUT2D eigenvalue weighted by Gasteiger charge is -2.41. The minimum Gasteiger partial charge on any atom is -0.299 e. The van der Waals surface area contributed by atoms with Crippen LogP contribution >= 0.6 is 0 Å². The van der Waals surface area contributed by atoms with Crippen LogP contribution in [0.4, 0.5) is 0 Å². The molecule has 0 saturated heterocycles. The summed E-state index contributed by atoms with van der Waals surface area (Å²) >= 11 is 0. The molecule has 3 aliphatic carbocycles. The summed E-state index contributed by atoms with van der Waals surface area (Å²) in [5.41, 5.74) is 5.94. The van der Waals surface area contributed by atoms with E-state index in [0.29, 0.717) is 18.1 Å². The highest BCUT2D eigenvalue weighted by molar-refractivity contribution is 5.92. The van der Waals surface area contributed by atoms with E-state index in [-0.39, 0.29) is 5.41 Å². The van der Waals surface area contributed by atoms with E-state index in [1.807, 2.05) is 0 Å². The largest absolute Gasteiger partial charge is 0.299 e. The lowest BCUT2D eigenvalue weighted by atomic mass is 9.62. The maximum Gasteiger partial charge on any atom is 0.138 e. The molecule has 2 unspecified atom stereocenters. The van der Waals surface area contributed by atoms with Crippen LogP contribution in [0.3, 0.4) is 0 Å². The van der Waals surface area contributed by atoms with Gasteiger partial charge in [-0.15, -0.1) is 0 Å². The van der Waals surface area contributed by atoms with E-state index in [9.17, 15) is 4.79 Å². The number of carbonyl (C=O) groups is 1. The number of allylic oxidation sites excluding steroid dienone is 2. The molecular weight excluding hydrogens is 280 g/mol. The Morgan fingerprint density at radius 1 is 1.22 bits per heavy atom. The van der Waals surface area contributed by atoms with Gasteiger partial charge in [-0.3, -0.25) is 4.79 Å². The lowest BCUT2D eigenvalue weighted by molar-refractivity contribution is -0.120. The molecule has 0 heterocycles. The van der Waals surface area contributed by atoms with Gasteiger partial charge < -0.3 is 0 Å². The van der Waals surface area contributed by atoms with E-state index < -0.39 is 0 Å². The standard InChI is InChI=1S/C22H22O/c1-2-15-4-3-5-16-9-17-10-19(23)13-22(21(17)11-20(15)16)12-14-6-7-18(22)8-14/h3-6,9,11,18H,2,7-8,10,12-13H2,1H3. The van der Waals surface area contributed by atoms with Crippen LogP contribution in [0.2, 0.25) is 0 Å². The van der Waals surface area contributed by atoms with Crippen molar-refractivity contribution in [2.75, 3.05) is 0 Å². The van der Waals surface area contributed by atoms with Crippen LogP contribution < -0.4 is 0 Å². The van der Waals surface area contributed by atoms with Crippen molar-refractivity contribution >= 4 is 16.6 Å². The van der Waals surface area contributed by atoms with Gasteiger partial charge in [-0.25, -0.2) is 0 Å². The van der Waals surface area contributed by atoms with Crippen molar-refractivity contribution in [3.63, 3.8) is 0 Å². The first-order valence-electron chi connectivity index (χ1n) is 8.94. The van der Waals surface area contributed by atoms with E-state index in [1.165, 1.54) is 40.3 Å². The molecule has 1 spiro atoms. The average Bonchev–Trinajstić information content (AvgIpc) is 3.14. The fourth-order valence-electron chi connectivity index (χ4n) is 5.51. The number of benzene rings is 2. The normalized spacial score (nSPS) is 28.5. The van der Waals surface area contributed by atoms with E-state index in [1.54, 1.807) is 5.57 Å². The SMILES string of the molecule is CCc1cccc2cc3c(cc12)C1(CC(=O)C3)CC2=CCC1C2. The Hall–Kier alpha value is -1.89. The highest BCUT2D eigenvalue weighted by Crippen LogP contribution is 2.58. The summed E-state index contributed by atoms with van der Waals surface area (Å²) in [5.74, 6) is 1.10. The molecule has 1 fully saturated rings. The lowest BCUT2D eigenvalue weighted by Crippen LogP contribution is -2.39. The summed E-state index contributed by atoms with van der Waals surface area (Å²) in [6, 6.07) is 11.4. The molecule has 2 atom stereocenters. The van der Waals surface area contributed by atoms with Crippen LogP contribution in [-0.4, -0.2) is 5.78 Å². The second-order valence-corrected chi connectivity index (χ2v) is 7.73. The predicted octanol–water partition coefficient (Wildman–Crippen LogP) is 4.90. The third-order valence-electron chi connectivity index (χ3n) is 6.54. The quantitative estimate of drug-likeness (QED) is 0.685. The third kappa shape index (κ3) is 1.77. The number of fused-ring (bicyclic) bond motifs is 6. The zero-order valence-corrected chi connectivity index (χ0v) is 13.7. The van der Waals surface area contributed by atoms with Gasteiger partial charge in [0.25, 0.3) is 0 Å². The summed E-state index contributed by atoms with van der Waals surface area (Å²) in [7, 11) is 0. The van der Waals surface area contributed by atoms with Crippen molar-refractivity contribution in [2.45, 2.75) is 50.9 Å². The second kappa shape index (κ2) is 4.56. The van der Waals surface area contributed by atoms with Crippen LogP contribution in [0.5, 0.6) is 0 Å². The van der Waals surface area contributed by atoms with Gasteiger partial charge in [-0.2, -0.15) is 0 Å². The molecule has 2 aromatic rings. The number of aryl methyl sites for hydroxylation is 1. The molecule has 1 nitrogen and oxygen atoms in total. The van der Waals surface area contributed by atoms with Gasteiger partial charge in [0.15, 0.2) is 0 Å². The average molecular weight is 302 g/mol. The molecule has 0 amide bonds. The van der Waals surface area contributed by atoms with Crippen molar-refractivity contribution in [1.29, 1.82) is 0 Å². The molecule has 1 heteroatoms. The van der Waals surface area contributed by atoms with E-state index in [2.05, 4.69) is 43.3 Å². The summed E-state index contributed by atoms with van der Waals surface area (Å²) < 4.78 is 0. The van der Waals surface area contributed by atoms with Gasteiger partial charge in [0, 0.05) is 18.3 Å². The number of rotatable bonds is 1. The Labute approximate surface area is 137 Å². The smallest absolute Gasteiger partial charge is 0.138 e. The molecule has 0 aromatic heterocycles. The van der Waals surface area contributed by atoms with Crippen LogP contribution in [0.1, 0.15) is 49.3 Å². The molecule has 1 saturated carbocycles. The molecule has 23 heavy (non-hydrogen) atoms. The van der Waals surface area contributed by atoms with Crippen LogP contribution in [0, 0.1) is 5.92 Å². The van der Waals surface area contributed by atoms with E-state index in [4.69, 9.17) is 0 Å². The van der Waals surface area contributed by atoms with Crippen LogP contribution in [0.25, 0.3) is 10.8 Å². The molecule has 0 aliphatic heterocycles. The molecule has 2 bridgehead atoms. The maximum absolute atomic E-state index is 12.5. The molecule has 116 valence electrons. The number of carbonyl (C=O) groups excluding carboxylic acids is 1. The Bertz CT molecular complexity index is 873. The second-order valence-electron chi connectivity index (χ2n) is 7.73. The highest BCUT2D eigenvalue weighted by Gasteiger charge is 2.51. The van der Waals surface area contributed by atoms with Crippen molar-refractivity contribution < 1.29 is 4.79 Å². The van der Waals surface area contributed by atoms with Gasteiger partial charge >= 0.3 is 0 Å². The molecular formula is C22H22O. The monoisotopic (exact) mass is 302 g/mol. The summed E-state index contributed by atoms with van der Waals surface area (Å²) in [5, 5.41) is 2.70. The van der Waals surface area contributed by atoms with Crippen LogP contribution in [-0.2, 0) is 23.1 Å². The van der Waals surface area contributed by atoms with Crippen molar-refractivity contribution in [2.24, 2.45) is 5.92 Å². The summed E-state index contributed by atoms with van der Waals surface area (Å²) in [4.78, 5) is 12.5. The van der Waals surface area contributed by atoms with Gasteiger partial charge in [-0.1, -0.05) is 42.8 Å².